The summed E-state index contributed by atoms with van der Waals surface area (Å²) in [5.74, 6) is -1.10. The number of carbonyl (C=O) groups excluding carboxylic acids is 1. The minimum Gasteiger partial charge on any atom is -0.480 e. The Balaban J connectivity index is 4.49. The van der Waals surface area contributed by atoms with Crippen molar-refractivity contribution in [3.05, 3.63) is 11.6 Å². The molecule has 0 aromatic rings. The number of rotatable bonds is 4. The van der Waals surface area contributed by atoms with E-state index < -0.39 is 24.2 Å². The van der Waals surface area contributed by atoms with E-state index in [-0.39, 0.29) is 6.54 Å². The Hall–Kier alpha value is -1.23. The van der Waals surface area contributed by atoms with Crippen molar-refractivity contribution in [3.63, 3.8) is 0 Å². The number of carboxylic acid groups (broad SMARTS) is 1. The maximum atomic E-state index is 11.6. The summed E-state index contributed by atoms with van der Waals surface area (Å²) >= 11 is 5.31. The van der Waals surface area contributed by atoms with E-state index in [9.17, 15) is 9.59 Å². The number of carboxylic acids is 1. The Morgan fingerprint density at radius 1 is 1.44 bits per heavy atom. The monoisotopic (exact) mass is 249 g/mol. The average molecular weight is 250 g/mol. The number of carbonyl (C=O) groups is 2. The summed E-state index contributed by atoms with van der Waals surface area (Å²) in [5.41, 5.74) is 0.567. The van der Waals surface area contributed by atoms with Crippen LogP contribution in [0.15, 0.2) is 11.6 Å². The largest absolute Gasteiger partial charge is 0.480 e. The fraction of sp³-hybridized carbons (Fsp3) is 0.600. The molecule has 0 aliphatic carbocycles. The lowest BCUT2D eigenvalue weighted by molar-refractivity contribution is -0.138. The molecule has 0 saturated carbocycles. The zero-order valence-corrected chi connectivity index (χ0v) is 10.3. The Labute approximate surface area is 99.6 Å². The highest BCUT2D eigenvalue weighted by Gasteiger charge is 2.22. The molecule has 0 heterocycles. The summed E-state index contributed by atoms with van der Waals surface area (Å²) < 4.78 is 5.04. The van der Waals surface area contributed by atoms with E-state index >= 15 is 0 Å². The first-order chi connectivity index (χ1) is 7.26. The Kier molecular flexibility index (Phi) is 5.88. The topological polar surface area (TPSA) is 66.8 Å². The molecule has 0 fully saturated rings. The van der Waals surface area contributed by atoms with Gasteiger partial charge in [-0.15, -0.1) is 0 Å². The molecule has 16 heavy (non-hydrogen) atoms. The molecule has 0 aliphatic rings. The van der Waals surface area contributed by atoms with Crippen LogP contribution in [0.1, 0.15) is 20.8 Å². The van der Waals surface area contributed by atoms with Gasteiger partial charge in [0, 0.05) is 12.1 Å². The maximum Gasteiger partial charge on any atom is 0.411 e. The molecule has 0 radical (unpaired) electrons. The summed E-state index contributed by atoms with van der Waals surface area (Å²) in [5, 5.41) is 8.62. The van der Waals surface area contributed by atoms with Crippen molar-refractivity contribution in [2.45, 2.75) is 26.4 Å². The third-order valence-corrected chi connectivity index (χ3v) is 1.57. The van der Waals surface area contributed by atoms with Gasteiger partial charge in [0.2, 0.25) is 0 Å². The minimum absolute atomic E-state index is 0.102. The van der Waals surface area contributed by atoms with Gasteiger partial charge in [0.25, 0.3) is 0 Å². The van der Waals surface area contributed by atoms with Gasteiger partial charge in [-0.25, -0.2) is 4.79 Å². The van der Waals surface area contributed by atoms with Crippen LogP contribution in [0.5, 0.6) is 0 Å². The van der Waals surface area contributed by atoms with Crippen LogP contribution in [-0.4, -0.2) is 40.8 Å². The lowest BCUT2D eigenvalue weighted by Crippen LogP contribution is -2.39. The van der Waals surface area contributed by atoms with Gasteiger partial charge in [0.15, 0.2) is 0 Å². The van der Waals surface area contributed by atoms with Crippen molar-refractivity contribution in [2.75, 3.05) is 13.1 Å². The summed E-state index contributed by atoms with van der Waals surface area (Å²) in [6, 6.07) is 0. The van der Waals surface area contributed by atoms with E-state index in [2.05, 4.69) is 0 Å². The zero-order valence-electron chi connectivity index (χ0n) is 9.57. The lowest BCUT2D eigenvalue weighted by atomic mass is 10.2. The third-order valence-electron chi connectivity index (χ3n) is 1.39. The van der Waals surface area contributed by atoms with Crippen molar-refractivity contribution in [1.29, 1.82) is 0 Å². The average Bonchev–Trinajstić information content (AvgIpc) is 2.08. The molecule has 1 amide bonds. The molecular weight excluding hydrogens is 234 g/mol. The molecule has 1 N–H and O–H groups in total. The first-order valence-electron chi connectivity index (χ1n) is 4.71. The van der Waals surface area contributed by atoms with Crippen LogP contribution in [0.4, 0.5) is 4.79 Å². The van der Waals surface area contributed by atoms with Gasteiger partial charge in [0.1, 0.15) is 12.1 Å². The minimum atomic E-state index is -1.10. The van der Waals surface area contributed by atoms with Gasteiger partial charge in [-0.3, -0.25) is 9.69 Å². The second-order valence-corrected chi connectivity index (χ2v) is 4.37. The maximum absolute atomic E-state index is 11.6. The van der Waals surface area contributed by atoms with Crippen LogP contribution >= 0.6 is 11.6 Å². The number of hydrogen-bond donors (Lipinski definition) is 1. The fourth-order valence-corrected chi connectivity index (χ4v) is 0.940. The van der Waals surface area contributed by atoms with Crippen molar-refractivity contribution in [2.24, 2.45) is 0 Å². The first-order valence-corrected chi connectivity index (χ1v) is 5.15. The van der Waals surface area contributed by atoms with Crippen molar-refractivity contribution in [3.8, 4) is 0 Å². The van der Waals surface area contributed by atoms with Gasteiger partial charge >= 0.3 is 12.1 Å². The standard InChI is InChI=1S/C10H16ClNO4/c1-10(2,3)16-9(15)12(6-4-5-11)7-8(13)14/h4-5H,6-7H2,1-3H3,(H,13,14)/b5-4+. The van der Waals surface area contributed by atoms with Crippen LogP contribution in [0.25, 0.3) is 0 Å². The molecule has 0 aromatic carbocycles. The van der Waals surface area contributed by atoms with Crippen molar-refractivity contribution < 1.29 is 19.4 Å². The number of hydrogen-bond acceptors (Lipinski definition) is 3. The van der Waals surface area contributed by atoms with Gasteiger partial charge in [-0.2, -0.15) is 0 Å². The van der Waals surface area contributed by atoms with Gasteiger partial charge in [-0.05, 0) is 20.8 Å². The van der Waals surface area contributed by atoms with E-state index in [0.29, 0.717) is 0 Å². The van der Waals surface area contributed by atoms with E-state index in [4.69, 9.17) is 21.4 Å². The van der Waals surface area contributed by atoms with Crippen molar-refractivity contribution in [1.82, 2.24) is 4.90 Å². The van der Waals surface area contributed by atoms with Crippen LogP contribution in [0.3, 0.4) is 0 Å². The number of halogens is 1. The SMILES string of the molecule is CC(C)(C)OC(=O)N(C/C=C/Cl)CC(=O)O. The van der Waals surface area contributed by atoms with E-state index in [0.717, 1.165) is 4.90 Å². The molecule has 0 spiro atoms. The van der Waals surface area contributed by atoms with E-state index in [1.807, 2.05) is 0 Å². The molecule has 0 atom stereocenters. The van der Waals surface area contributed by atoms with E-state index in [1.165, 1.54) is 11.6 Å². The Morgan fingerprint density at radius 3 is 2.38 bits per heavy atom. The summed E-state index contributed by atoms with van der Waals surface area (Å²) in [6.07, 6.45) is 0.790. The molecule has 0 aliphatic heterocycles. The zero-order chi connectivity index (χ0) is 12.8. The summed E-state index contributed by atoms with van der Waals surface area (Å²) in [7, 11) is 0. The lowest BCUT2D eigenvalue weighted by Gasteiger charge is -2.25. The Morgan fingerprint density at radius 2 is 2.00 bits per heavy atom. The van der Waals surface area contributed by atoms with Crippen LogP contribution in [-0.2, 0) is 9.53 Å². The molecule has 0 aromatic heterocycles. The first kappa shape index (κ1) is 14.8. The van der Waals surface area contributed by atoms with E-state index in [1.54, 1.807) is 20.8 Å². The highest BCUT2D eigenvalue weighted by atomic mass is 35.5. The molecular formula is C10H16ClNO4. The highest BCUT2D eigenvalue weighted by Crippen LogP contribution is 2.09. The fourth-order valence-electron chi connectivity index (χ4n) is 0.860. The van der Waals surface area contributed by atoms with Crippen molar-refractivity contribution >= 4 is 23.7 Å². The second-order valence-electron chi connectivity index (χ2n) is 4.12. The molecule has 92 valence electrons. The summed E-state index contributed by atoms with van der Waals surface area (Å²) in [4.78, 5) is 23.1. The number of amides is 1. The summed E-state index contributed by atoms with van der Waals surface area (Å²) in [6.45, 7) is 4.81. The van der Waals surface area contributed by atoms with Gasteiger partial charge in [0.05, 0.1) is 0 Å². The Bertz CT molecular complexity index is 283. The van der Waals surface area contributed by atoms with Gasteiger partial charge in [-0.1, -0.05) is 17.7 Å². The van der Waals surface area contributed by atoms with Crippen LogP contribution in [0.2, 0.25) is 0 Å². The quantitative estimate of drug-likeness (QED) is 0.828. The smallest absolute Gasteiger partial charge is 0.411 e. The molecule has 0 saturated heterocycles. The predicted octanol–water partition coefficient (Wildman–Crippen LogP) is 2.06. The van der Waals surface area contributed by atoms with Crippen LogP contribution < -0.4 is 0 Å². The third kappa shape index (κ3) is 7.11. The normalized spacial score (nSPS) is 11.5. The molecule has 5 nitrogen and oxygen atoms in total. The second kappa shape index (κ2) is 6.37. The molecule has 0 rings (SSSR count). The number of ether oxygens (including phenoxy) is 1. The van der Waals surface area contributed by atoms with Gasteiger partial charge < -0.3 is 9.84 Å². The molecule has 0 unspecified atom stereocenters. The molecule has 0 bridgehead atoms. The van der Waals surface area contributed by atoms with Crippen LogP contribution in [0, 0.1) is 0 Å². The predicted molar refractivity (Wildman–Crippen MR) is 60.4 cm³/mol. The number of aliphatic carboxylic acids is 1. The molecule has 6 heteroatoms. The highest BCUT2D eigenvalue weighted by molar-refractivity contribution is 6.25. The number of nitrogens with zero attached hydrogens (tertiary/aromatic N) is 1.